The van der Waals surface area contributed by atoms with E-state index in [0.29, 0.717) is 0 Å². The topological polar surface area (TPSA) is 107 Å². The van der Waals surface area contributed by atoms with Crippen molar-refractivity contribution in [2.24, 2.45) is 0 Å². The van der Waals surface area contributed by atoms with Crippen LogP contribution in [0.1, 0.15) is 10.4 Å². The van der Waals surface area contributed by atoms with Crippen molar-refractivity contribution in [3.63, 3.8) is 0 Å². The van der Waals surface area contributed by atoms with Crippen molar-refractivity contribution < 1.29 is 22.9 Å². The molecule has 0 atom stereocenters. The first kappa shape index (κ1) is 18.8. The molecule has 0 saturated carbocycles. The van der Waals surface area contributed by atoms with E-state index in [-0.39, 0.29) is 26.9 Å². The number of rotatable bonds is 5. The number of benzene rings is 2. The Bertz CT molecular complexity index is 943. The van der Waals surface area contributed by atoms with Crippen LogP contribution in [0.3, 0.4) is 0 Å². The van der Waals surface area contributed by atoms with Gasteiger partial charge in [-0.1, -0.05) is 17.7 Å². The van der Waals surface area contributed by atoms with Crippen molar-refractivity contribution in [2.75, 3.05) is 14.1 Å². The minimum absolute atomic E-state index is 0.00246. The summed E-state index contributed by atoms with van der Waals surface area (Å²) in [6, 6.07) is 8.71. The van der Waals surface area contributed by atoms with Gasteiger partial charge in [-0.05, 0) is 24.3 Å². The Labute approximate surface area is 148 Å². The first-order valence-electron chi connectivity index (χ1n) is 6.81. The van der Waals surface area contributed by atoms with Crippen LogP contribution in [0.15, 0.2) is 47.4 Å². The molecule has 0 unspecified atom stereocenters. The standard InChI is InChI=1S/C15H13ClN2O6S/c1-17(2)25(22,23)12-5-3-4-10(8-12)15(19)24-14-7-6-11(18(20)21)9-13(14)16/h3-9H,1-2H3. The molecule has 2 aromatic rings. The number of hydrogen-bond acceptors (Lipinski definition) is 6. The lowest BCUT2D eigenvalue weighted by atomic mass is 10.2. The molecule has 2 rings (SSSR count). The van der Waals surface area contributed by atoms with E-state index < -0.39 is 20.9 Å². The summed E-state index contributed by atoms with van der Waals surface area (Å²) in [5.74, 6) is -0.912. The molecule has 0 aliphatic heterocycles. The molecule has 0 N–H and O–H groups in total. The first-order chi connectivity index (χ1) is 11.6. The molecule has 0 saturated heterocycles. The second-order valence-electron chi connectivity index (χ2n) is 5.08. The second kappa shape index (κ2) is 7.18. The van der Waals surface area contributed by atoms with E-state index in [1.807, 2.05) is 0 Å². The number of ether oxygens (including phenoxy) is 1. The minimum atomic E-state index is -3.70. The van der Waals surface area contributed by atoms with Gasteiger partial charge in [0.25, 0.3) is 5.69 Å². The highest BCUT2D eigenvalue weighted by Crippen LogP contribution is 2.29. The molecule has 132 valence electrons. The minimum Gasteiger partial charge on any atom is -0.421 e. The zero-order chi connectivity index (χ0) is 18.8. The number of carbonyl (C=O) groups is 1. The predicted octanol–water partition coefficient (Wildman–Crippen LogP) is 2.72. The first-order valence-corrected chi connectivity index (χ1v) is 8.63. The smallest absolute Gasteiger partial charge is 0.343 e. The van der Waals surface area contributed by atoms with Crippen molar-refractivity contribution in [3.05, 3.63) is 63.2 Å². The van der Waals surface area contributed by atoms with Gasteiger partial charge in [0.1, 0.15) is 5.75 Å². The van der Waals surface area contributed by atoms with Crippen LogP contribution in [-0.4, -0.2) is 37.7 Å². The zero-order valence-electron chi connectivity index (χ0n) is 13.2. The largest absolute Gasteiger partial charge is 0.421 e. The molecule has 0 heterocycles. The maximum absolute atomic E-state index is 12.2. The Morgan fingerprint density at radius 1 is 1.20 bits per heavy atom. The van der Waals surface area contributed by atoms with Gasteiger partial charge < -0.3 is 4.74 Å². The SMILES string of the molecule is CN(C)S(=O)(=O)c1cccc(C(=O)Oc2ccc([N+](=O)[O-])cc2Cl)c1. The van der Waals surface area contributed by atoms with E-state index in [1.165, 1.54) is 44.4 Å². The highest BCUT2D eigenvalue weighted by atomic mass is 35.5. The van der Waals surface area contributed by atoms with Gasteiger partial charge in [0.15, 0.2) is 0 Å². The van der Waals surface area contributed by atoms with Gasteiger partial charge in [-0.15, -0.1) is 0 Å². The van der Waals surface area contributed by atoms with Crippen LogP contribution >= 0.6 is 11.6 Å². The average molecular weight is 385 g/mol. The van der Waals surface area contributed by atoms with Crippen LogP contribution in [0.4, 0.5) is 5.69 Å². The van der Waals surface area contributed by atoms with Crippen LogP contribution < -0.4 is 4.74 Å². The van der Waals surface area contributed by atoms with Crippen molar-refractivity contribution >= 4 is 33.3 Å². The molecule has 0 fully saturated rings. The van der Waals surface area contributed by atoms with Crippen molar-refractivity contribution in [3.8, 4) is 5.75 Å². The van der Waals surface area contributed by atoms with Crippen LogP contribution in [0.2, 0.25) is 5.02 Å². The lowest BCUT2D eigenvalue weighted by Crippen LogP contribution is -2.22. The third-order valence-corrected chi connectivity index (χ3v) is 5.28. The van der Waals surface area contributed by atoms with Crippen LogP contribution in [0.5, 0.6) is 5.75 Å². The molecule has 0 spiro atoms. The molecule has 0 amide bonds. The van der Waals surface area contributed by atoms with Crippen LogP contribution in [0.25, 0.3) is 0 Å². The number of nitro benzene ring substituents is 1. The Morgan fingerprint density at radius 2 is 1.88 bits per heavy atom. The monoisotopic (exact) mass is 384 g/mol. The number of carbonyl (C=O) groups excluding carboxylic acids is 1. The molecule has 0 bridgehead atoms. The third kappa shape index (κ3) is 4.13. The zero-order valence-corrected chi connectivity index (χ0v) is 14.7. The summed E-state index contributed by atoms with van der Waals surface area (Å²) in [7, 11) is -0.961. The lowest BCUT2D eigenvalue weighted by Gasteiger charge is -2.12. The maximum Gasteiger partial charge on any atom is 0.343 e. The van der Waals surface area contributed by atoms with Crippen molar-refractivity contribution in [2.45, 2.75) is 4.90 Å². The number of halogens is 1. The average Bonchev–Trinajstić information content (AvgIpc) is 2.56. The highest BCUT2D eigenvalue weighted by molar-refractivity contribution is 7.89. The summed E-state index contributed by atoms with van der Waals surface area (Å²) in [4.78, 5) is 22.2. The number of nitrogens with zero attached hydrogens (tertiary/aromatic N) is 2. The quantitative estimate of drug-likeness (QED) is 0.339. The highest BCUT2D eigenvalue weighted by Gasteiger charge is 2.20. The van der Waals surface area contributed by atoms with Gasteiger partial charge in [0.2, 0.25) is 10.0 Å². The molecule has 2 aromatic carbocycles. The second-order valence-corrected chi connectivity index (χ2v) is 7.64. The summed E-state index contributed by atoms with van der Waals surface area (Å²) in [6.07, 6.45) is 0. The fraction of sp³-hybridized carbons (Fsp3) is 0.133. The van der Waals surface area contributed by atoms with Crippen molar-refractivity contribution in [1.29, 1.82) is 0 Å². The molecule has 0 aliphatic carbocycles. The van der Waals surface area contributed by atoms with E-state index in [0.717, 1.165) is 16.4 Å². The van der Waals surface area contributed by atoms with Gasteiger partial charge in [0, 0.05) is 26.2 Å². The predicted molar refractivity (Wildman–Crippen MR) is 90.4 cm³/mol. The van der Waals surface area contributed by atoms with Gasteiger partial charge in [0.05, 0.1) is 20.4 Å². The number of nitro groups is 1. The van der Waals surface area contributed by atoms with Gasteiger partial charge in [-0.3, -0.25) is 10.1 Å². The number of hydrogen-bond donors (Lipinski definition) is 0. The fourth-order valence-corrected chi connectivity index (χ4v) is 3.00. The van der Waals surface area contributed by atoms with Crippen LogP contribution in [0, 0.1) is 10.1 Å². The lowest BCUT2D eigenvalue weighted by molar-refractivity contribution is -0.384. The summed E-state index contributed by atoms with van der Waals surface area (Å²) < 4.78 is 30.3. The summed E-state index contributed by atoms with van der Waals surface area (Å²) >= 11 is 5.87. The molecule has 0 aromatic heterocycles. The van der Waals surface area contributed by atoms with E-state index in [9.17, 15) is 23.3 Å². The Kier molecular flexibility index (Phi) is 5.41. The van der Waals surface area contributed by atoms with Crippen molar-refractivity contribution in [1.82, 2.24) is 4.31 Å². The molecular weight excluding hydrogens is 372 g/mol. The fourth-order valence-electron chi connectivity index (χ4n) is 1.84. The Balaban J connectivity index is 2.29. The van der Waals surface area contributed by atoms with Gasteiger partial charge in [-0.25, -0.2) is 17.5 Å². The van der Waals surface area contributed by atoms with Crippen LogP contribution in [-0.2, 0) is 10.0 Å². The molecule has 8 nitrogen and oxygen atoms in total. The van der Waals surface area contributed by atoms with E-state index in [2.05, 4.69) is 0 Å². The maximum atomic E-state index is 12.2. The van der Waals surface area contributed by atoms with Gasteiger partial charge >= 0.3 is 5.97 Å². The summed E-state index contributed by atoms with van der Waals surface area (Å²) in [6.45, 7) is 0. The summed E-state index contributed by atoms with van der Waals surface area (Å²) in [5.41, 5.74) is -0.249. The van der Waals surface area contributed by atoms with E-state index in [1.54, 1.807) is 0 Å². The Morgan fingerprint density at radius 3 is 2.44 bits per heavy atom. The molecular formula is C15H13ClN2O6S. The number of sulfonamides is 1. The van der Waals surface area contributed by atoms with Gasteiger partial charge in [-0.2, -0.15) is 0 Å². The Hall–Kier alpha value is -2.49. The molecule has 10 heteroatoms. The number of esters is 1. The van der Waals surface area contributed by atoms with E-state index >= 15 is 0 Å². The normalized spacial score (nSPS) is 11.4. The molecule has 25 heavy (non-hydrogen) atoms. The molecule has 0 radical (unpaired) electrons. The summed E-state index contributed by atoms with van der Waals surface area (Å²) in [5, 5.41) is 10.6. The molecule has 0 aliphatic rings. The number of non-ortho nitro benzene ring substituents is 1. The van der Waals surface area contributed by atoms with E-state index in [4.69, 9.17) is 16.3 Å². The third-order valence-electron chi connectivity index (χ3n) is 3.18.